The Labute approximate surface area is 239 Å². The van der Waals surface area contributed by atoms with Crippen molar-refractivity contribution in [1.82, 2.24) is 10.2 Å². The molecule has 0 unspecified atom stereocenters. The number of aliphatic hydroxyl groups is 1. The molecule has 1 saturated heterocycles. The molecule has 0 radical (unpaired) electrons. The highest BCUT2D eigenvalue weighted by atomic mass is 16.5. The van der Waals surface area contributed by atoms with Crippen LogP contribution >= 0.6 is 0 Å². The second kappa shape index (κ2) is 12.4. The number of nitrogens with zero attached hydrogens (tertiary/aromatic N) is 1. The Morgan fingerprint density at radius 2 is 1.73 bits per heavy atom. The number of anilines is 2. The summed E-state index contributed by atoms with van der Waals surface area (Å²) in [5, 5.41) is 18.6. The number of fused-ring (bicyclic) bond motifs is 1. The molecule has 41 heavy (non-hydrogen) atoms. The van der Waals surface area contributed by atoms with E-state index in [1.54, 1.807) is 18.2 Å². The van der Waals surface area contributed by atoms with Crippen LogP contribution in [0.5, 0.6) is 0 Å². The van der Waals surface area contributed by atoms with Crippen LogP contribution in [0.3, 0.4) is 0 Å². The number of nitrogens with one attached hydrogen (secondary N) is 3. The monoisotopic (exact) mass is 554 g/mol. The summed E-state index contributed by atoms with van der Waals surface area (Å²) in [4.78, 5) is 40.6. The highest BCUT2D eigenvalue weighted by Gasteiger charge is 2.30. The van der Waals surface area contributed by atoms with Crippen molar-refractivity contribution in [2.45, 2.75) is 25.8 Å². The van der Waals surface area contributed by atoms with Crippen molar-refractivity contribution in [1.29, 1.82) is 0 Å². The van der Waals surface area contributed by atoms with Gasteiger partial charge in [0.15, 0.2) is 0 Å². The quantitative estimate of drug-likeness (QED) is 0.246. The molecule has 4 N–H and O–H groups in total. The number of ether oxygens (including phenoxy) is 1. The van der Waals surface area contributed by atoms with Gasteiger partial charge in [-0.3, -0.25) is 9.59 Å². The Balaban J connectivity index is 1.40. The molecule has 0 spiro atoms. The Hall–Kier alpha value is -4.47. The number of hydrogen-bond acceptors (Lipinski definition) is 7. The fourth-order valence-electron chi connectivity index (χ4n) is 5.35. The number of hydrogen-bond donors (Lipinski definition) is 4. The molecule has 3 aromatic carbocycles. The first-order chi connectivity index (χ1) is 19.9. The number of piperidine rings is 1. The largest absolute Gasteiger partial charge is 0.465 e. The number of carbonyl (C=O) groups is 3. The lowest BCUT2D eigenvalue weighted by Crippen LogP contribution is -2.45. The van der Waals surface area contributed by atoms with Crippen molar-refractivity contribution >= 4 is 40.4 Å². The van der Waals surface area contributed by atoms with Gasteiger partial charge in [0.05, 0.1) is 36.2 Å². The summed E-state index contributed by atoms with van der Waals surface area (Å²) in [5.74, 6) is -0.872. The number of likely N-dealkylation sites (tertiary alicyclic amines) is 1. The van der Waals surface area contributed by atoms with Gasteiger partial charge in [0.2, 0.25) is 0 Å². The summed E-state index contributed by atoms with van der Waals surface area (Å²) >= 11 is 0. The van der Waals surface area contributed by atoms with E-state index in [-0.39, 0.29) is 24.5 Å². The van der Waals surface area contributed by atoms with E-state index < -0.39 is 5.97 Å². The lowest BCUT2D eigenvalue weighted by molar-refractivity contribution is -0.110. The number of methoxy groups -OCH3 is 1. The van der Waals surface area contributed by atoms with E-state index in [1.165, 1.54) is 7.11 Å². The predicted molar refractivity (Wildman–Crippen MR) is 158 cm³/mol. The van der Waals surface area contributed by atoms with Crippen molar-refractivity contribution < 1.29 is 24.2 Å². The van der Waals surface area contributed by atoms with Crippen LogP contribution in [0.4, 0.5) is 11.4 Å². The summed E-state index contributed by atoms with van der Waals surface area (Å²) < 4.78 is 4.89. The van der Waals surface area contributed by atoms with E-state index in [0.29, 0.717) is 45.8 Å². The number of rotatable bonds is 8. The average molecular weight is 555 g/mol. The van der Waals surface area contributed by atoms with Gasteiger partial charge in [0.25, 0.3) is 11.8 Å². The summed E-state index contributed by atoms with van der Waals surface area (Å²) in [5.41, 5.74) is 5.48. The molecule has 2 heterocycles. The highest BCUT2D eigenvalue weighted by molar-refractivity contribution is 6.37. The van der Waals surface area contributed by atoms with Crippen molar-refractivity contribution in [3.8, 4) is 0 Å². The van der Waals surface area contributed by atoms with Gasteiger partial charge in [-0.05, 0) is 67.3 Å². The summed E-state index contributed by atoms with van der Waals surface area (Å²) in [6, 6.07) is 20.3. The second-order valence-corrected chi connectivity index (χ2v) is 10.3. The fraction of sp³-hybridized carbons (Fsp3) is 0.281. The van der Waals surface area contributed by atoms with Crippen molar-refractivity contribution in [3.63, 3.8) is 0 Å². The summed E-state index contributed by atoms with van der Waals surface area (Å²) in [6.07, 6.45) is 1.70. The molecule has 0 saturated carbocycles. The number of aliphatic hydroxyl groups excluding tert-OH is 1. The molecule has 5 rings (SSSR count). The maximum atomic E-state index is 13.3. The molecule has 3 aromatic rings. The molecule has 1 fully saturated rings. The normalized spacial score (nSPS) is 16.5. The predicted octanol–water partition coefficient (Wildman–Crippen LogP) is 3.90. The van der Waals surface area contributed by atoms with Gasteiger partial charge in [-0.25, -0.2) is 4.79 Å². The number of β-amino-alcohol motifs (C(OH)–C–C–N with tert-alkyl or cyclic N) is 1. The standard InChI is InChI=1S/C32H34N4O5/c1-20-18-26-27(19-25(20)32(40)41-2)35-31(39)28(26)29(21-6-4-3-5-7-21)33-23-10-8-22(9-11-23)30(38)34-24-12-14-36(15-13-24)16-17-37/h3-11,18-19,24,33,37H,12-17H2,1-2H3,(H,34,38)(H,35,39)/b29-28+. The minimum absolute atomic E-state index is 0.105. The fourth-order valence-corrected chi connectivity index (χ4v) is 5.35. The molecule has 0 bridgehead atoms. The minimum Gasteiger partial charge on any atom is -0.465 e. The molecule has 0 atom stereocenters. The topological polar surface area (TPSA) is 120 Å². The van der Waals surface area contributed by atoms with Gasteiger partial charge < -0.3 is 30.7 Å². The smallest absolute Gasteiger partial charge is 0.338 e. The maximum absolute atomic E-state index is 13.3. The zero-order chi connectivity index (χ0) is 28.9. The van der Waals surface area contributed by atoms with Crippen LogP contribution in [0, 0.1) is 6.92 Å². The average Bonchev–Trinajstić information content (AvgIpc) is 3.31. The molecule has 2 amide bonds. The SMILES string of the molecule is COC(=O)c1cc2c(cc1C)/C(=C(\Nc1ccc(C(=O)NC3CCN(CCO)CC3)cc1)c1ccccc1)C(=O)N2. The molecule has 9 nitrogen and oxygen atoms in total. The number of carbonyl (C=O) groups excluding carboxylic acids is 3. The lowest BCUT2D eigenvalue weighted by Gasteiger charge is -2.31. The van der Waals surface area contributed by atoms with E-state index in [4.69, 9.17) is 9.84 Å². The van der Waals surface area contributed by atoms with E-state index in [9.17, 15) is 14.4 Å². The molecule has 0 aromatic heterocycles. The lowest BCUT2D eigenvalue weighted by atomic mass is 9.96. The first kappa shape index (κ1) is 28.1. The molecule has 2 aliphatic rings. The first-order valence-electron chi connectivity index (χ1n) is 13.7. The van der Waals surface area contributed by atoms with Crippen molar-refractivity contribution in [2.75, 3.05) is 44.0 Å². The number of amides is 2. The second-order valence-electron chi connectivity index (χ2n) is 10.3. The van der Waals surface area contributed by atoms with Gasteiger partial charge in [-0.1, -0.05) is 30.3 Å². The Morgan fingerprint density at radius 3 is 2.39 bits per heavy atom. The van der Waals surface area contributed by atoms with Crippen LogP contribution in [0.2, 0.25) is 0 Å². The Morgan fingerprint density at radius 1 is 1.02 bits per heavy atom. The Bertz CT molecular complexity index is 1480. The van der Waals surface area contributed by atoms with E-state index >= 15 is 0 Å². The zero-order valence-electron chi connectivity index (χ0n) is 23.2. The summed E-state index contributed by atoms with van der Waals surface area (Å²) in [6.45, 7) is 4.33. The van der Waals surface area contributed by atoms with E-state index in [0.717, 1.165) is 37.2 Å². The van der Waals surface area contributed by atoms with Crippen molar-refractivity contribution in [2.24, 2.45) is 0 Å². The van der Waals surface area contributed by atoms with Crippen LogP contribution in [0.25, 0.3) is 11.3 Å². The Kier molecular flexibility index (Phi) is 8.47. The van der Waals surface area contributed by atoms with Gasteiger partial charge in [-0.15, -0.1) is 0 Å². The van der Waals surface area contributed by atoms with Crippen LogP contribution in [0.1, 0.15) is 50.2 Å². The molecule has 0 aliphatic carbocycles. The molecule has 212 valence electrons. The van der Waals surface area contributed by atoms with E-state index in [2.05, 4.69) is 20.9 Å². The summed E-state index contributed by atoms with van der Waals surface area (Å²) in [7, 11) is 1.33. The van der Waals surface area contributed by atoms with Crippen LogP contribution < -0.4 is 16.0 Å². The van der Waals surface area contributed by atoms with Crippen LogP contribution in [-0.2, 0) is 9.53 Å². The third kappa shape index (κ3) is 6.16. The molecule has 2 aliphatic heterocycles. The van der Waals surface area contributed by atoms with Crippen molar-refractivity contribution in [3.05, 3.63) is 94.5 Å². The minimum atomic E-state index is -0.463. The van der Waals surface area contributed by atoms with Gasteiger partial charge in [-0.2, -0.15) is 0 Å². The number of benzene rings is 3. The molecule has 9 heteroatoms. The van der Waals surface area contributed by atoms with E-state index in [1.807, 2.05) is 55.5 Å². The zero-order valence-corrected chi connectivity index (χ0v) is 23.2. The molecular formula is C32H34N4O5. The number of aryl methyl sites for hydroxylation is 1. The first-order valence-corrected chi connectivity index (χ1v) is 13.7. The van der Waals surface area contributed by atoms with Crippen LogP contribution in [-0.4, -0.2) is 67.2 Å². The highest BCUT2D eigenvalue weighted by Crippen LogP contribution is 2.39. The third-order valence-electron chi connectivity index (χ3n) is 7.58. The maximum Gasteiger partial charge on any atom is 0.338 e. The van der Waals surface area contributed by atoms with Crippen LogP contribution in [0.15, 0.2) is 66.7 Å². The van der Waals surface area contributed by atoms with Gasteiger partial charge >= 0.3 is 5.97 Å². The van der Waals surface area contributed by atoms with Gasteiger partial charge in [0, 0.05) is 42.5 Å². The number of esters is 1. The third-order valence-corrected chi connectivity index (χ3v) is 7.58. The molecular weight excluding hydrogens is 520 g/mol. The van der Waals surface area contributed by atoms with Gasteiger partial charge in [0.1, 0.15) is 0 Å².